The van der Waals surface area contributed by atoms with E-state index in [0.29, 0.717) is 5.75 Å². The highest BCUT2D eigenvalue weighted by atomic mass is 79.9. The zero-order valence-electron chi connectivity index (χ0n) is 21.2. The largest absolute Gasteiger partial charge is 1.00 e. The maximum absolute atomic E-state index is 13.1. The number of ketones is 1. The standard InChI is InChI=1S/C27H34N2O6S.BrH/c1-3-36(4-2)19-22(30)15-16-23(26(32)33)28-25(31)24(17-20-11-7-5-8-12-20)29-27(34)35-18-21-13-9-6-10-14-21;/h5-14,23-24H,3-4,15-19H2,1-2H3,(H2-,28,29,31,32,33,34);1H/t23-,24-;/m0./s1. The number of aliphatic carboxylic acids is 1. The first-order chi connectivity index (χ1) is 17.3. The molecule has 0 saturated heterocycles. The van der Waals surface area contributed by atoms with Crippen LogP contribution in [-0.2, 0) is 43.0 Å². The molecule has 0 aliphatic rings. The Labute approximate surface area is 231 Å². The SMILES string of the molecule is CC[S+](CC)CC(=O)CC[C@H](NC(=O)[C@H](Cc1ccccc1)NC(=O)OCc1ccccc1)C(=O)O.[Br-]. The van der Waals surface area contributed by atoms with Gasteiger partial charge in [0.25, 0.3) is 0 Å². The second-order valence-corrected chi connectivity index (χ2v) is 10.9. The smallest absolute Gasteiger partial charge is 0.408 e. The number of rotatable bonds is 15. The molecule has 2 amide bonds. The number of alkyl carbamates (subject to hydrolysis) is 1. The predicted octanol–water partition coefficient (Wildman–Crippen LogP) is 0.105. The van der Waals surface area contributed by atoms with Crippen molar-refractivity contribution in [2.75, 3.05) is 17.3 Å². The van der Waals surface area contributed by atoms with Crippen molar-refractivity contribution >= 4 is 34.6 Å². The van der Waals surface area contributed by atoms with E-state index in [0.717, 1.165) is 22.6 Å². The summed E-state index contributed by atoms with van der Waals surface area (Å²) in [5, 5.41) is 14.7. The summed E-state index contributed by atoms with van der Waals surface area (Å²) in [6.07, 6.45) is -0.588. The predicted molar refractivity (Wildman–Crippen MR) is 141 cm³/mol. The molecule has 2 rings (SSSR count). The minimum Gasteiger partial charge on any atom is -1.00 e. The number of carboxylic acid groups (broad SMARTS) is 1. The number of nitrogens with one attached hydrogen (secondary N) is 2. The molecule has 0 bridgehead atoms. The second-order valence-electron chi connectivity index (χ2n) is 8.26. The van der Waals surface area contributed by atoms with Crippen LogP contribution in [-0.4, -0.2) is 58.2 Å². The molecular formula is C27H35BrN2O6S. The van der Waals surface area contributed by atoms with Crippen molar-refractivity contribution < 1.29 is 46.0 Å². The lowest BCUT2D eigenvalue weighted by atomic mass is 10.0. The van der Waals surface area contributed by atoms with Crippen LogP contribution in [0.15, 0.2) is 60.7 Å². The van der Waals surface area contributed by atoms with Gasteiger partial charge in [-0.3, -0.25) is 9.59 Å². The molecule has 10 heteroatoms. The quantitative estimate of drug-likeness (QED) is 0.252. The van der Waals surface area contributed by atoms with Crippen molar-refractivity contribution in [3.63, 3.8) is 0 Å². The highest BCUT2D eigenvalue weighted by Gasteiger charge is 2.28. The maximum atomic E-state index is 13.1. The van der Waals surface area contributed by atoms with Gasteiger partial charge in [0.15, 0.2) is 11.5 Å². The molecule has 0 spiro atoms. The molecule has 0 aliphatic carbocycles. The molecule has 2 aromatic carbocycles. The summed E-state index contributed by atoms with van der Waals surface area (Å²) in [5.41, 5.74) is 1.58. The third-order valence-electron chi connectivity index (χ3n) is 5.61. The van der Waals surface area contributed by atoms with E-state index in [1.54, 1.807) is 0 Å². The number of halogens is 1. The van der Waals surface area contributed by atoms with Crippen LogP contribution >= 0.6 is 0 Å². The molecule has 3 N–H and O–H groups in total. The molecule has 0 fully saturated rings. The summed E-state index contributed by atoms with van der Waals surface area (Å²) < 4.78 is 5.25. The normalized spacial score (nSPS) is 12.1. The lowest BCUT2D eigenvalue weighted by molar-refractivity contribution is -0.142. The van der Waals surface area contributed by atoms with Gasteiger partial charge in [-0.25, -0.2) is 9.59 Å². The number of hydrogen-bond acceptors (Lipinski definition) is 5. The van der Waals surface area contributed by atoms with Crippen molar-refractivity contribution in [3.8, 4) is 0 Å². The fraction of sp³-hybridized carbons (Fsp3) is 0.407. The molecule has 0 aliphatic heterocycles. The number of carbonyl (C=O) groups excluding carboxylic acids is 3. The first-order valence-corrected chi connectivity index (χ1v) is 13.8. The number of benzene rings is 2. The summed E-state index contributed by atoms with van der Waals surface area (Å²) >= 11 is 0. The van der Waals surface area contributed by atoms with Crippen LogP contribution in [0.5, 0.6) is 0 Å². The Morgan fingerprint density at radius 2 is 1.43 bits per heavy atom. The highest BCUT2D eigenvalue weighted by molar-refractivity contribution is 7.97. The van der Waals surface area contributed by atoms with E-state index >= 15 is 0 Å². The van der Waals surface area contributed by atoms with Gasteiger partial charge in [0.2, 0.25) is 5.91 Å². The molecule has 0 aromatic heterocycles. The first-order valence-electron chi connectivity index (χ1n) is 12.0. The van der Waals surface area contributed by atoms with Gasteiger partial charge in [0, 0.05) is 12.8 Å². The number of carboxylic acids is 1. The average Bonchev–Trinajstić information content (AvgIpc) is 2.89. The summed E-state index contributed by atoms with van der Waals surface area (Å²) in [7, 11) is -0.00314. The van der Waals surface area contributed by atoms with Crippen LogP contribution in [0, 0.1) is 0 Å². The number of ether oxygens (including phenoxy) is 1. The van der Waals surface area contributed by atoms with Gasteiger partial charge in [0.05, 0.1) is 0 Å². The van der Waals surface area contributed by atoms with E-state index in [-0.39, 0.29) is 59.5 Å². The Kier molecular flexibility index (Phi) is 15.3. The van der Waals surface area contributed by atoms with Crippen LogP contribution in [0.4, 0.5) is 4.79 Å². The molecule has 2 aromatic rings. The first kappa shape index (κ1) is 32.2. The van der Waals surface area contributed by atoms with Crippen LogP contribution in [0.1, 0.15) is 37.8 Å². The van der Waals surface area contributed by atoms with Gasteiger partial charge in [-0.15, -0.1) is 0 Å². The fourth-order valence-corrected chi connectivity index (χ4v) is 4.93. The monoisotopic (exact) mass is 594 g/mol. The second kappa shape index (κ2) is 17.6. The van der Waals surface area contributed by atoms with E-state index in [2.05, 4.69) is 10.6 Å². The van der Waals surface area contributed by atoms with Gasteiger partial charge < -0.3 is 37.5 Å². The van der Waals surface area contributed by atoms with Gasteiger partial charge in [0.1, 0.15) is 30.2 Å². The lowest BCUT2D eigenvalue weighted by Crippen LogP contribution is -3.00. The zero-order valence-corrected chi connectivity index (χ0v) is 23.6. The van der Waals surface area contributed by atoms with Crippen molar-refractivity contribution in [2.24, 2.45) is 0 Å². The Bertz CT molecular complexity index is 989. The van der Waals surface area contributed by atoms with Crippen molar-refractivity contribution in [2.45, 2.75) is 51.8 Å². The van der Waals surface area contributed by atoms with Crippen LogP contribution in [0.25, 0.3) is 0 Å². The molecule has 202 valence electrons. The number of amides is 2. The molecule has 37 heavy (non-hydrogen) atoms. The molecule has 2 atom stereocenters. The van der Waals surface area contributed by atoms with Crippen LogP contribution in [0.3, 0.4) is 0 Å². The number of hydrogen-bond donors (Lipinski definition) is 3. The Morgan fingerprint density at radius 3 is 1.97 bits per heavy atom. The van der Waals surface area contributed by atoms with E-state index in [9.17, 15) is 24.3 Å². The van der Waals surface area contributed by atoms with E-state index in [1.165, 1.54) is 0 Å². The maximum Gasteiger partial charge on any atom is 0.408 e. The Hall–Kier alpha value is -2.85. The molecule has 0 saturated carbocycles. The third kappa shape index (κ3) is 12.3. The highest BCUT2D eigenvalue weighted by Crippen LogP contribution is 2.08. The van der Waals surface area contributed by atoms with E-state index in [4.69, 9.17) is 4.74 Å². The third-order valence-corrected chi connectivity index (χ3v) is 7.98. The number of Topliss-reactive ketones (excluding diaryl/α,β-unsaturated/α-hetero) is 1. The summed E-state index contributed by atoms with van der Waals surface area (Å²) in [5.74, 6) is 0.358. The van der Waals surface area contributed by atoms with E-state index in [1.807, 2.05) is 74.5 Å². The van der Waals surface area contributed by atoms with Crippen LogP contribution < -0.4 is 27.6 Å². The molecule has 0 radical (unpaired) electrons. The Balaban J connectivity index is 0.00000684. The minimum atomic E-state index is -1.24. The van der Waals surface area contributed by atoms with Crippen molar-refractivity contribution in [1.29, 1.82) is 0 Å². The summed E-state index contributed by atoms with van der Waals surface area (Å²) in [4.78, 5) is 49.6. The van der Waals surface area contributed by atoms with Gasteiger partial charge in [-0.2, -0.15) is 0 Å². The average molecular weight is 596 g/mol. The lowest BCUT2D eigenvalue weighted by Gasteiger charge is -2.21. The Morgan fingerprint density at radius 1 is 0.865 bits per heavy atom. The van der Waals surface area contributed by atoms with Gasteiger partial charge >= 0.3 is 12.1 Å². The summed E-state index contributed by atoms with van der Waals surface area (Å²) in [6, 6.07) is 15.9. The molecule has 0 heterocycles. The molecular weight excluding hydrogens is 560 g/mol. The van der Waals surface area contributed by atoms with Crippen LogP contribution in [0.2, 0.25) is 0 Å². The van der Waals surface area contributed by atoms with Gasteiger partial charge in [-0.05, 0) is 42.3 Å². The fourth-order valence-electron chi connectivity index (χ4n) is 3.51. The van der Waals surface area contributed by atoms with Crippen molar-refractivity contribution in [3.05, 3.63) is 71.8 Å². The van der Waals surface area contributed by atoms with E-state index < -0.39 is 30.1 Å². The molecule has 8 nitrogen and oxygen atoms in total. The topological polar surface area (TPSA) is 122 Å². The number of carbonyl (C=O) groups is 4. The summed E-state index contributed by atoms with van der Waals surface area (Å²) in [6.45, 7) is 4.10. The zero-order chi connectivity index (χ0) is 26.3. The van der Waals surface area contributed by atoms with Crippen molar-refractivity contribution in [1.82, 2.24) is 10.6 Å². The molecule has 0 unspecified atom stereocenters. The minimum absolute atomic E-state index is 0. The van der Waals surface area contributed by atoms with Gasteiger partial charge in [-0.1, -0.05) is 60.7 Å².